The number of hydrogen-bond donors (Lipinski definition) is 1. The predicted molar refractivity (Wildman–Crippen MR) is 86.8 cm³/mol. The molecule has 1 aliphatic rings. The first-order valence-electron chi connectivity index (χ1n) is 7.73. The van der Waals surface area contributed by atoms with E-state index in [2.05, 4.69) is 43.0 Å². The van der Waals surface area contributed by atoms with Crippen LogP contribution in [0.4, 0.5) is 0 Å². The van der Waals surface area contributed by atoms with Crippen LogP contribution in [0.3, 0.4) is 0 Å². The number of thioether (sulfide) groups is 1. The van der Waals surface area contributed by atoms with Gasteiger partial charge in [0, 0.05) is 17.0 Å². The molecule has 0 aliphatic heterocycles. The molecule has 106 valence electrons. The fraction of sp³-hybridized carbons (Fsp3) is 0.647. The average Bonchev–Trinajstić information content (AvgIpc) is 2.47. The van der Waals surface area contributed by atoms with Crippen molar-refractivity contribution in [1.82, 2.24) is 0 Å². The van der Waals surface area contributed by atoms with Gasteiger partial charge in [0.15, 0.2) is 0 Å². The molecule has 0 radical (unpaired) electrons. The molecule has 0 saturated heterocycles. The van der Waals surface area contributed by atoms with E-state index >= 15 is 0 Å². The number of benzene rings is 1. The minimum atomic E-state index is 0.305. The minimum absolute atomic E-state index is 0.305. The summed E-state index contributed by atoms with van der Waals surface area (Å²) >= 11 is 2.11. The van der Waals surface area contributed by atoms with Gasteiger partial charge in [0.25, 0.3) is 0 Å². The average molecular weight is 277 g/mol. The third-order valence-corrected chi connectivity index (χ3v) is 5.59. The number of rotatable bonds is 6. The third kappa shape index (κ3) is 5.19. The Labute approximate surface area is 122 Å². The molecular formula is C17H27NS. The summed E-state index contributed by atoms with van der Waals surface area (Å²) < 4.78 is 0. The lowest BCUT2D eigenvalue weighted by molar-refractivity contribution is 0.515. The molecule has 0 amide bonds. The van der Waals surface area contributed by atoms with Crippen LogP contribution < -0.4 is 5.73 Å². The molecule has 2 rings (SSSR count). The van der Waals surface area contributed by atoms with Crippen molar-refractivity contribution < 1.29 is 0 Å². The van der Waals surface area contributed by atoms with Crippen LogP contribution in [-0.2, 0) is 12.8 Å². The molecule has 1 fully saturated rings. The van der Waals surface area contributed by atoms with Gasteiger partial charge in [-0.1, -0.05) is 50.5 Å². The molecule has 1 aromatic carbocycles. The molecule has 1 aromatic rings. The van der Waals surface area contributed by atoms with E-state index < -0.39 is 0 Å². The fourth-order valence-corrected chi connectivity index (χ4v) is 4.07. The summed E-state index contributed by atoms with van der Waals surface area (Å²) in [5, 5.41) is 0.877. The van der Waals surface area contributed by atoms with E-state index in [1.54, 1.807) is 0 Å². The van der Waals surface area contributed by atoms with Crippen LogP contribution in [0, 0.1) is 0 Å². The first-order chi connectivity index (χ1) is 9.28. The van der Waals surface area contributed by atoms with Gasteiger partial charge in [-0.05, 0) is 36.8 Å². The van der Waals surface area contributed by atoms with E-state index in [0.717, 1.165) is 23.8 Å². The lowest BCUT2D eigenvalue weighted by atomic mass is 10.0. The van der Waals surface area contributed by atoms with Gasteiger partial charge in [0.05, 0.1) is 0 Å². The molecule has 0 spiro atoms. The highest BCUT2D eigenvalue weighted by Crippen LogP contribution is 2.28. The summed E-state index contributed by atoms with van der Waals surface area (Å²) in [5.41, 5.74) is 9.07. The Bertz CT molecular complexity index is 354. The fourth-order valence-electron chi connectivity index (χ4n) is 2.76. The van der Waals surface area contributed by atoms with E-state index in [0.29, 0.717) is 6.04 Å². The maximum absolute atomic E-state index is 6.27. The number of nitrogens with two attached hydrogens (primary N) is 1. The Kier molecular flexibility index (Phi) is 6.25. The first-order valence-corrected chi connectivity index (χ1v) is 8.78. The standard InChI is InChI=1S/C17H27NS/c1-2-14-8-10-15(11-9-14)12-16(18)13-19-17-6-4-3-5-7-17/h8-11,16-17H,2-7,12-13,18H2,1H3. The topological polar surface area (TPSA) is 26.0 Å². The van der Waals surface area contributed by atoms with E-state index in [4.69, 9.17) is 5.73 Å². The van der Waals surface area contributed by atoms with Gasteiger partial charge in [-0.25, -0.2) is 0 Å². The third-order valence-electron chi connectivity index (χ3n) is 4.03. The highest BCUT2D eigenvalue weighted by atomic mass is 32.2. The summed E-state index contributed by atoms with van der Waals surface area (Å²) in [5.74, 6) is 1.11. The van der Waals surface area contributed by atoms with E-state index in [1.807, 2.05) is 0 Å². The SMILES string of the molecule is CCc1ccc(CC(N)CSC2CCCCC2)cc1. The largest absolute Gasteiger partial charge is 0.327 e. The van der Waals surface area contributed by atoms with Gasteiger partial charge in [-0.3, -0.25) is 0 Å². The van der Waals surface area contributed by atoms with Gasteiger partial charge in [-0.2, -0.15) is 11.8 Å². The highest BCUT2D eigenvalue weighted by molar-refractivity contribution is 7.99. The highest BCUT2D eigenvalue weighted by Gasteiger charge is 2.15. The molecule has 0 heterocycles. The van der Waals surface area contributed by atoms with Crippen LogP contribution in [0.15, 0.2) is 24.3 Å². The quantitative estimate of drug-likeness (QED) is 0.844. The van der Waals surface area contributed by atoms with Crippen molar-refractivity contribution in [2.45, 2.75) is 63.2 Å². The van der Waals surface area contributed by atoms with Crippen molar-refractivity contribution in [3.05, 3.63) is 35.4 Å². The maximum atomic E-state index is 6.27. The normalized spacial score (nSPS) is 18.4. The van der Waals surface area contributed by atoms with Crippen molar-refractivity contribution in [2.24, 2.45) is 5.73 Å². The molecule has 1 nitrogen and oxygen atoms in total. The van der Waals surface area contributed by atoms with E-state index in [1.165, 1.54) is 43.2 Å². The molecule has 1 unspecified atom stereocenters. The summed E-state index contributed by atoms with van der Waals surface area (Å²) in [4.78, 5) is 0. The van der Waals surface area contributed by atoms with Crippen LogP contribution in [0.5, 0.6) is 0 Å². The molecule has 1 atom stereocenters. The van der Waals surface area contributed by atoms with Crippen molar-refractivity contribution >= 4 is 11.8 Å². The summed E-state index contributed by atoms with van der Waals surface area (Å²) in [6.07, 6.45) is 9.22. The molecule has 1 saturated carbocycles. The lowest BCUT2D eigenvalue weighted by Crippen LogP contribution is -2.27. The lowest BCUT2D eigenvalue weighted by Gasteiger charge is -2.22. The number of hydrogen-bond acceptors (Lipinski definition) is 2. The van der Waals surface area contributed by atoms with E-state index in [-0.39, 0.29) is 0 Å². The molecule has 19 heavy (non-hydrogen) atoms. The second kappa shape index (κ2) is 7.96. The molecule has 2 heteroatoms. The smallest absolute Gasteiger partial charge is 0.0171 e. The summed E-state index contributed by atoms with van der Waals surface area (Å²) in [6.45, 7) is 2.20. The van der Waals surface area contributed by atoms with Gasteiger partial charge < -0.3 is 5.73 Å². The Balaban J connectivity index is 1.71. The van der Waals surface area contributed by atoms with Crippen LogP contribution in [-0.4, -0.2) is 17.0 Å². The Morgan fingerprint density at radius 3 is 2.37 bits per heavy atom. The van der Waals surface area contributed by atoms with Gasteiger partial charge in [0.2, 0.25) is 0 Å². The molecule has 1 aliphatic carbocycles. The van der Waals surface area contributed by atoms with Crippen LogP contribution in [0.1, 0.15) is 50.2 Å². The Hall–Kier alpha value is -0.470. The van der Waals surface area contributed by atoms with E-state index in [9.17, 15) is 0 Å². The Morgan fingerprint density at radius 2 is 1.74 bits per heavy atom. The Morgan fingerprint density at radius 1 is 1.11 bits per heavy atom. The number of aryl methyl sites for hydroxylation is 1. The molecule has 2 N–H and O–H groups in total. The van der Waals surface area contributed by atoms with Gasteiger partial charge >= 0.3 is 0 Å². The second-order valence-corrected chi connectivity index (χ2v) is 7.06. The zero-order chi connectivity index (χ0) is 13.5. The predicted octanol–water partition coefficient (Wildman–Crippen LogP) is 4.18. The summed E-state index contributed by atoms with van der Waals surface area (Å²) in [6, 6.07) is 9.25. The van der Waals surface area contributed by atoms with Crippen molar-refractivity contribution in [1.29, 1.82) is 0 Å². The second-order valence-electron chi connectivity index (χ2n) is 5.73. The van der Waals surface area contributed by atoms with Gasteiger partial charge in [-0.15, -0.1) is 0 Å². The van der Waals surface area contributed by atoms with Crippen LogP contribution in [0.25, 0.3) is 0 Å². The zero-order valence-electron chi connectivity index (χ0n) is 12.1. The molecule has 0 aromatic heterocycles. The monoisotopic (exact) mass is 277 g/mol. The van der Waals surface area contributed by atoms with Crippen LogP contribution in [0.2, 0.25) is 0 Å². The van der Waals surface area contributed by atoms with Crippen molar-refractivity contribution in [2.75, 3.05) is 5.75 Å². The maximum Gasteiger partial charge on any atom is 0.0171 e. The zero-order valence-corrected chi connectivity index (χ0v) is 12.9. The minimum Gasteiger partial charge on any atom is -0.327 e. The van der Waals surface area contributed by atoms with Crippen molar-refractivity contribution in [3.63, 3.8) is 0 Å². The first kappa shape index (κ1) is 14.9. The summed E-state index contributed by atoms with van der Waals surface area (Å²) in [7, 11) is 0. The molecule has 0 bridgehead atoms. The molecular weight excluding hydrogens is 250 g/mol. The van der Waals surface area contributed by atoms with Crippen molar-refractivity contribution in [3.8, 4) is 0 Å². The van der Waals surface area contributed by atoms with Crippen LogP contribution >= 0.6 is 11.8 Å². The van der Waals surface area contributed by atoms with Gasteiger partial charge in [0.1, 0.15) is 0 Å².